The van der Waals surface area contributed by atoms with Gasteiger partial charge in [-0.05, 0) is 54.8 Å². The second kappa shape index (κ2) is 12.5. The van der Waals surface area contributed by atoms with Crippen molar-refractivity contribution in [1.29, 1.82) is 0 Å². The Balaban J connectivity index is 2.26. The van der Waals surface area contributed by atoms with Crippen LogP contribution in [0.5, 0.6) is 0 Å². The number of nitrogens with one attached hydrogen (secondary N) is 2. The number of thioether (sulfide) groups is 1. The molecule has 0 fully saturated rings. The van der Waals surface area contributed by atoms with Crippen LogP contribution in [0.4, 0.5) is 10.1 Å². The minimum absolute atomic E-state index is 0.0225. The summed E-state index contributed by atoms with van der Waals surface area (Å²) in [5, 5.41) is 7.26. The summed E-state index contributed by atoms with van der Waals surface area (Å²) in [5.74, 6) is 6.01. The van der Waals surface area contributed by atoms with Gasteiger partial charge in [0.25, 0.3) is 0 Å². The average molecular weight is 448 g/mol. The molecule has 0 bridgehead atoms. The molecule has 2 rings (SSSR count). The van der Waals surface area contributed by atoms with Crippen molar-refractivity contribution in [3.63, 3.8) is 0 Å². The molecule has 6 N–H and O–H groups in total. The quantitative estimate of drug-likeness (QED) is 0.0990. The van der Waals surface area contributed by atoms with E-state index in [-0.39, 0.29) is 11.4 Å². The summed E-state index contributed by atoms with van der Waals surface area (Å²) in [6.07, 6.45) is 4.60. The molecule has 0 spiro atoms. The minimum atomic E-state index is -0.396. The van der Waals surface area contributed by atoms with E-state index in [2.05, 4.69) is 39.7 Å². The summed E-state index contributed by atoms with van der Waals surface area (Å²) < 4.78 is 15.1. The molecule has 1 aromatic heterocycles. The van der Waals surface area contributed by atoms with E-state index in [9.17, 15) is 0 Å². The number of rotatable bonds is 12. The lowest BCUT2D eigenvalue weighted by Gasteiger charge is -2.27. The van der Waals surface area contributed by atoms with Crippen molar-refractivity contribution in [2.24, 2.45) is 22.6 Å². The molecule has 0 atom stereocenters. The Bertz CT molecular complexity index is 873. The first-order valence-electron chi connectivity index (χ1n) is 10.3. The van der Waals surface area contributed by atoms with E-state index in [1.54, 1.807) is 18.0 Å². The minimum Gasteiger partial charge on any atom is -0.382 e. The van der Waals surface area contributed by atoms with Crippen LogP contribution >= 0.6 is 11.8 Å². The molecular weight excluding hydrogens is 413 g/mol. The maximum Gasteiger partial charge on any atom is 0.157 e. The van der Waals surface area contributed by atoms with Crippen LogP contribution in [0.15, 0.2) is 35.6 Å². The van der Waals surface area contributed by atoms with Crippen molar-refractivity contribution in [2.75, 3.05) is 30.1 Å². The van der Waals surface area contributed by atoms with Crippen molar-refractivity contribution in [2.45, 2.75) is 33.7 Å². The third-order valence-electron chi connectivity index (χ3n) is 4.81. The molecule has 1 heterocycles. The number of hydrogen-bond donors (Lipinski definition) is 4. The van der Waals surface area contributed by atoms with Crippen LogP contribution in [0.25, 0.3) is 0 Å². The Kier molecular flexibility index (Phi) is 10.0. The smallest absolute Gasteiger partial charge is 0.157 e. The predicted molar refractivity (Wildman–Crippen MR) is 129 cm³/mol. The molecule has 0 aliphatic heterocycles. The zero-order valence-corrected chi connectivity index (χ0v) is 19.6. The fourth-order valence-corrected chi connectivity index (χ4v) is 3.98. The molecule has 31 heavy (non-hydrogen) atoms. The van der Waals surface area contributed by atoms with Crippen LogP contribution in [-0.2, 0) is 13.0 Å². The number of nitrogens with two attached hydrogens (primary N) is 2. The maximum atomic E-state index is 15.1. The molecule has 2 aromatic rings. The van der Waals surface area contributed by atoms with Crippen molar-refractivity contribution in [3.05, 3.63) is 58.7 Å². The molecule has 9 heteroatoms. The van der Waals surface area contributed by atoms with Crippen molar-refractivity contribution in [3.8, 4) is 0 Å². The maximum absolute atomic E-state index is 15.1. The zero-order chi connectivity index (χ0) is 22.8. The molecule has 0 saturated heterocycles. The van der Waals surface area contributed by atoms with E-state index in [1.165, 1.54) is 6.07 Å². The fourth-order valence-electron chi connectivity index (χ4n) is 3.40. The summed E-state index contributed by atoms with van der Waals surface area (Å²) in [6, 6.07) is 7.53. The van der Waals surface area contributed by atoms with Crippen molar-refractivity contribution in [1.82, 2.24) is 15.8 Å². The Morgan fingerprint density at radius 2 is 2.13 bits per heavy atom. The molecule has 1 aromatic carbocycles. The number of amidine groups is 1. The second-order valence-corrected chi connectivity index (χ2v) is 8.66. The van der Waals surface area contributed by atoms with Crippen LogP contribution in [0.1, 0.15) is 36.2 Å². The Morgan fingerprint density at radius 3 is 2.77 bits per heavy atom. The van der Waals surface area contributed by atoms with E-state index in [0.717, 1.165) is 28.9 Å². The Labute approximate surface area is 188 Å². The molecule has 0 unspecified atom stereocenters. The van der Waals surface area contributed by atoms with Gasteiger partial charge in [-0.2, -0.15) is 0 Å². The molecule has 7 nitrogen and oxygen atoms in total. The number of benzene rings is 1. The lowest BCUT2D eigenvalue weighted by Crippen LogP contribution is -2.34. The highest BCUT2D eigenvalue weighted by molar-refractivity contribution is 7.98. The second-order valence-electron chi connectivity index (χ2n) is 7.82. The number of nitrogens with zero attached hydrogens (tertiary/aromatic N) is 3. The average Bonchev–Trinajstić information content (AvgIpc) is 2.70. The van der Waals surface area contributed by atoms with Gasteiger partial charge in [0.15, 0.2) is 5.84 Å². The lowest BCUT2D eigenvalue weighted by molar-refractivity contribution is 0.608. The monoisotopic (exact) mass is 447 g/mol. The van der Waals surface area contributed by atoms with Gasteiger partial charge in [0.2, 0.25) is 0 Å². The van der Waals surface area contributed by atoms with E-state index < -0.39 is 5.82 Å². The van der Waals surface area contributed by atoms with Crippen molar-refractivity contribution < 1.29 is 4.39 Å². The largest absolute Gasteiger partial charge is 0.382 e. The normalized spacial score (nSPS) is 11.8. The van der Waals surface area contributed by atoms with Gasteiger partial charge in [0.1, 0.15) is 5.82 Å². The predicted octanol–water partition coefficient (Wildman–Crippen LogP) is 2.73. The summed E-state index contributed by atoms with van der Waals surface area (Å²) in [5.41, 5.74) is 12.3. The van der Waals surface area contributed by atoms with Crippen LogP contribution in [-0.4, -0.2) is 36.0 Å². The first-order chi connectivity index (χ1) is 14.9. The molecule has 170 valence electrons. The van der Waals surface area contributed by atoms with Gasteiger partial charge in [-0.1, -0.05) is 19.9 Å². The van der Waals surface area contributed by atoms with E-state index in [0.29, 0.717) is 31.4 Å². The fraction of sp³-hybridized carbons (Fsp3) is 0.455. The number of anilines is 1. The number of pyridine rings is 1. The highest BCUT2D eigenvalue weighted by Crippen LogP contribution is 2.28. The van der Waals surface area contributed by atoms with Crippen LogP contribution in [0, 0.1) is 18.7 Å². The van der Waals surface area contributed by atoms with Gasteiger partial charge in [0, 0.05) is 25.8 Å². The summed E-state index contributed by atoms with van der Waals surface area (Å²) in [7, 11) is 0. The van der Waals surface area contributed by atoms with Crippen molar-refractivity contribution >= 4 is 23.3 Å². The molecule has 0 radical (unpaired) electrons. The van der Waals surface area contributed by atoms with Crippen LogP contribution in [0.2, 0.25) is 0 Å². The Morgan fingerprint density at radius 1 is 1.35 bits per heavy atom. The number of hydrazone groups is 1. The van der Waals surface area contributed by atoms with E-state index >= 15 is 4.39 Å². The topological polar surface area (TPSA) is 105 Å². The summed E-state index contributed by atoms with van der Waals surface area (Å²) in [6.45, 7) is 8.33. The number of hydrogen-bond acceptors (Lipinski definition) is 7. The molecule has 0 aliphatic rings. The van der Waals surface area contributed by atoms with Gasteiger partial charge in [-0.3, -0.25) is 4.98 Å². The third kappa shape index (κ3) is 7.37. The number of halogens is 1. The highest BCUT2D eigenvalue weighted by atomic mass is 32.2. The van der Waals surface area contributed by atoms with Crippen LogP contribution in [0.3, 0.4) is 0 Å². The molecule has 0 saturated carbocycles. The molecule has 0 aliphatic carbocycles. The SMILES string of the molecule is CSCN(CCNCc1ncccc1C)c1cc(CC(C)C)cc(F)c1/C(N)=N/NN. The third-order valence-corrected chi connectivity index (χ3v) is 5.38. The summed E-state index contributed by atoms with van der Waals surface area (Å²) >= 11 is 1.66. The lowest BCUT2D eigenvalue weighted by atomic mass is 9.99. The van der Waals surface area contributed by atoms with Gasteiger partial charge in [0.05, 0.1) is 22.8 Å². The van der Waals surface area contributed by atoms with E-state index in [4.69, 9.17) is 11.6 Å². The first-order valence-corrected chi connectivity index (χ1v) is 11.7. The first kappa shape index (κ1) is 24.9. The van der Waals surface area contributed by atoms with Gasteiger partial charge in [-0.15, -0.1) is 16.9 Å². The number of hydrazine groups is 1. The van der Waals surface area contributed by atoms with Gasteiger partial charge in [-0.25, -0.2) is 15.8 Å². The number of aromatic nitrogens is 1. The zero-order valence-electron chi connectivity index (χ0n) is 18.8. The van der Waals surface area contributed by atoms with E-state index in [1.807, 2.05) is 31.4 Å². The molecule has 0 amide bonds. The standard InChI is InChI=1S/C22H34FN7S/c1-15(2)10-17-11-18(23)21(22(24)28-29-25)20(12-17)30(14-31-4)9-8-26-13-19-16(3)6-5-7-27-19/h5-7,11-12,15,26,29H,8-10,13-14,25H2,1-4H3,(H2,24,28). The van der Waals surface area contributed by atoms with Gasteiger partial charge < -0.3 is 16.0 Å². The van der Waals surface area contributed by atoms with Gasteiger partial charge >= 0.3 is 0 Å². The Hall–Kier alpha value is -2.36. The number of aryl methyl sites for hydroxylation is 1. The molecular formula is C22H34FN7S. The highest BCUT2D eigenvalue weighted by Gasteiger charge is 2.20. The van der Waals surface area contributed by atoms with Crippen LogP contribution < -0.4 is 27.3 Å². The summed E-state index contributed by atoms with van der Waals surface area (Å²) in [4.78, 5) is 6.53.